The van der Waals surface area contributed by atoms with Gasteiger partial charge in [0.05, 0.1) is 20.3 Å². The Labute approximate surface area is 185 Å². The van der Waals surface area contributed by atoms with Gasteiger partial charge in [-0.05, 0) is 69.1 Å². The fourth-order valence-corrected chi connectivity index (χ4v) is 4.86. The van der Waals surface area contributed by atoms with Crippen LogP contribution < -0.4 is 19.7 Å². The molecular weight excluding hydrogens is 390 g/mol. The van der Waals surface area contributed by atoms with Gasteiger partial charge in [0.2, 0.25) is 0 Å². The first-order valence-electron chi connectivity index (χ1n) is 11.0. The first-order chi connectivity index (χ1) is 14.9. The Morgan fingerprint density at radius 3 is 2.35 bits per heavy atom. The molecule has 0 aliphatic carbocycles. The average molecular weight is 424 g/mol. The third-order valence-corrected chi connectivity index (χ3v) is 6.93. The maximum Gasteiger partial charge on any atom is 0.252 e. The molecule has 0 unspecified atom stereocenters. The molecular formula is C25H33N3O3. The van der Waals surface area contributed by atoms with Crippen molar-refractivity contribution in [3.8, 4) is 11.5 Å². The van der Waals surface area contributed by atoms with E-state index in [4.69, 9.17) is 9.47 Å². The lowest BCUT2D eigenvalue weighted by molar-refractivity contribution is 0.0939. The lowest BCUT2D eigenvalue weighted by Crippen LogP contribution is -2.52. The molecule has 2 saturated heterocycles. The van der Waals surface area contributed by atoms with E-state index < -0.39 is 0 Å². The maximum atomic E-state index is 13.2. The molecule has 2 heterocycles. The highest BCUT2D eigenvalue weighted by atomic mass is 16.5. The van der Waals surface area contributed by atoms with E-state index in [1.54, 1.807) is 14.2 Å². The fraction of sp³-hybridized carbons (Fsp3) is 0.480. The molecule has 1 N–H and O–H groups in total. The second-order valence-electron chi connectivity index (χ2n) is 8.76. The third kappa shape index (κ3) is 4.22. The van der Waals surface area contributed by atoms with Gasteiger partial charge in [0.1, 0.15) is 0 Å². The normalized spacial score (nSPS) is 21.6. The number of methoxy groups -OCH3 is 2. The van der Waals surface area contributed by atoms with E-state index in [0.29, 0.717) is 23.6 Å². The number of nitrogens with zero attached hydrogens (tertiary/aromatic N) is 2. The number of likely N-dealkylation sites (N-methyl/N-ethyl adjacent to an activating group) is 1. The summed E-state index contributed by atoms with van der Waals surface area (Å²) < 4.78 is 10.7. The molecule has 6 nitrogen and oxygen atoms in total. The predicted octanol–water partition coefficient (Wildman–Crippen LogP) is 3.79. The zero-order valence-corrected chi connectivity index (χ0v) is 19.1. The van der Waals surface area contributed by atoms with Gasteiger partial charge in [-0.15, -0.1) is 0 Å². The van der Waals surface area contributed by atoms with E-state index in [9.17, 15) is 4.79 Å². The number of carbonyl (C=O) groups is 1. The van der Waals surface area contributed by atoms with Gasteiger partial charge in [0, 0.05) is 36.4 Å². The lowest BCUT2D eigenvalue weighted by Gasteiger charge is -2.40. The molecule has 2 aliphatic heterocycles. The molecule has 2 fully saturated rings. The van der Waals surface area contributed by atoms with Crippen molar-refractivity contribution in [1.29, 1.82) is 0 Å². The molecule has 3 atom stereocenters. The molecule has 6 heteroatoms. The van der Waals surface area contributed by atoms with Crippen LogP contribution in [0.25, 0.3) is 0 Å². The molecule has 2 aromatic rings. The number of hydrogen-bond acceptors (Lipinski definition) is 5. The van der Waals surface area contributed by atoms with E-state index in [1.807, 2.05) is 32.0 Å². The summed E-state index contributed by atoms with van der Waals surface area (Å²) in [6.07, 6.45) is 2.53. The molecule has 0 saturated carbocycles. The average Bonchev–Trinajstić information content (AvgIpc) is 2.98. The molecule has 1 amide bonds. The Balaban J connectivity index is 1.50. The quantitative estimate of drug-likeness (QED) is 0.766. The van der Waals surface area contributed by atoms with Crippen molar-refractivity contribution < 1.29 is 14.3 Å². The van der Waals surface area contributed by atoms with Crippen LogP contribution in [0, 0.1) is 6.92 Å². The van der Waals surface area contributed by atoms with Crippen LogP contribution in [0.2, 0.25) is 0 Å². The predicted molar refractivity (Wildman–Crippen MR) is 123 cm³/mol. The summed E-state index contributed by atoms with van der Waals surface area (Å²) in [7, 11) is 5.47. The third-order valence-electron chi connectivity index (χ3n) is 6.93. The zero-order chi connectivity index (χ0) is 22.1. The largest absolute Gasteiger partial charge is 0.493 e. The second-order valence-corrected chi connectivity index (χ2v) is 8.76. The first kappa shape index (κ1) is 21.5. The van der Waals surface area contributed by atoms with E-state index in [0.717, 1.165) is 35.5 Å². The number of rotatable bonds is 6. The van der Waals surface area contributed by atoms with Crippen LogP contribution in [0.3, 0.4) is 0 Å². The maximum absolute atomic E-state index is 13.2. The summed E-state index contributed by atoms with van der Waals surface area (Å²) in [6.45, 7) is 6.03. The molecule has 0 radical (unpaired) electrons. The van der Waals surface area contributed by atoms with Crippen molar-refractivity contribution in [2.24, 2.45) is 0 Å². The van der Waals surface area contributed by atoms with Crippen molar-refractivity contribution in [2.75, 3.05) is 39.3 Å². The van der Waals surface area contributed by atoms with Crippen molar-refractivity contribution in [2.45, 2.75) is 44.8 Å². The van der Waals surface area contributed by atoms with Crippen molar-refractivity contribution in [1.82, 2.24) is 10.2 Å². The summed E-state index contributed by atoms with van der Waals surface area (Å²) in [5.41, 5.74) is 3.82. The number of benzene rings is 2. The van der Waals surface area contributed by atoms with Crippen LogP contribution in [0.15, 0.2) is 36.4 Å². The number of aryl methyl sites for hydroxylation is 1. The summed E-state index contributed by atoms with van der Waals surface area (Å²) in [5.74, 6) is 1.28. The van der Waals surface area contributed by atoms with Gasteiger partial charge in [-0.2, -0.15) is 0 Å². The van der Waals surface area contributed by atoms with Gasteiger partial charge in [-0.1, -0.05) is 12.1 Å². The smallest absolute Gasteiger partial charge is 0.252 e. The summed E-state index contributed by atoms with van der Waals surface area (Å²) in [4.78, 5) is 18.1. The van der Waals surface area contributed by atoms with Crippen molar-refractivity contribution in [3.63, 3.8) is 0 Å². The second kappa shape index (κ2) is 8.79. The van der Waals surface area contributed by atoms with Crippen LogP contribution in [0.5, 0.6) is 11.5 Å². The van der Waals surface area contributed by atoms with Crippen LogP contribution in [-0.4, -0.2) is 57.2 Å². The highest BCUT2D eigenvalue weighted by molar-refractivity contribution is 5.96. The lowest BCUT2D eigenvalue weighted by atomic mass is 10.0. The minimum Gasteiger partial charge on any atom is -0.493 e. The monoisotopic (exact) mass is 423 g/mol. The molecule has 2 aliphatic rings. The molecule has 2 aromatic carbocycles. The van der Waals surface area contributed by atoms with E-state index in [-0.39, 0.29) is 11.9 Å². The summed E-state index contributed by atoms with van der Waals surface area (Å²) in [5, 5.41) is 3.15. The van der Waals surface area contributed by atoms with Crippen LogP contribution >= 0.6 is 0 Å². The topological polar surface area (TPSA) is 54.0 Å². The Morgan fingerprint density at radius 1 is 1.03 bits per heavy atom. The van der Waals surface area contributed by atoms with Crippen molar-refractivity contribution >= 4 is 11.6 Å². The number of anilines is 1. The minimum atomic E-state index is -0.158. The Morgan fingerprint density at radius 2 is 1.71 bits per heavy atom. The standard InChI is InChI=1S/C25H33N3O3/c1-16-6-8-19(28-14-20-9-10-21(15-28)27(20)3)13-22(16)25(29)26-17(2)18-7-11-23(30-4)24(12-18)31-5/h6-8,11-13,17,20-21H,9-10,14-15H2,1-5H3,(H,26,29)/t17-,20-,21+/m1/s1. The Kier molecular flexibility index (Phi) is 6.10. The van der Waals surface area contributed by atoms with E-state index in [1.165, 1.54) is 12.8 Å². The molecule has 4 rings (SSSR count). The van der Waals surface area contributed by atoms with E-state index in [2.05, 4.69) is 40.4 Å². The summed E-state index contributed by atoms with van der Waals surface area (Å²) in [6, 6.07) is 13.1. The number of piperazine rings is 1. The molecule has 0 spiro atoms. The van der Waals surface area contributed by atoms with Gasteiger partial charge in [0.25, 0.3) is 5.91 Å². The Hall–Kier alpha value is -2.73. The zero-order valence-electron chi connectivity index (χ0n) is 19.1. The highest BCUT2D eigenvalue weighted by Gasteiger charge is 2.37. The summed E-state index contributed by atoms with van der Waals surface area (Å²) >= 11 is 0. The molecule has 0 aromatic heterocycles. The Bertz CT molecular complexity index is 947. The van der Waals surface area contributed by atoms with E-state index >= 15 is 0 Å². The number of carbonyl (C=O) groups excluding carboxylic acids is 1. The molecule has 166 valence electrons. The van der Waals surface area contributed by atoms with Crippen LogP contribution in [0.1, 0.15) is 47.3 Å². The number of fused-ring (bicyclic) bond motifs is 2. The molecule has 31 heavy (non-hydrogen) atoms. The number of nitrogens with one attached hydrogen (secondary N) is 1. The molecule has 2 bridgehead atoms. The highest BCUT2D eigenvalue weighted by Crippen LogP contribution is 2.33. The van der Waals surface area contributed by atoms with Gasteiger partial charge in [-0.25, -0.2) is 0 Å². The number of amides is 1. The number of ether oxygens (including phenoxy) is 2. The van der Waals surface area contributed by atoms with Gasteiger partial charge in [-0.3, -0.25) is 9.69 Å². The SMILES string of the molecule is COc1ccc([C@@H](C)NC(=O)c2cc(N3C[C@H]4CC[C@@H](C3)N4C)ccc2C)cc1OC. The minimum absolute atomic E-state index is 0.0567. The van der Waals surface area contributed by atoms with Crippen LogP contribution in [-0.2, 0) is 0 Å². The number of hydrogen-bond donors (Lipinski definition) is 1. The van der Waals surface area contributed by atoms with Crippen molar-refractivity contribution in [3.05, 3.63) is 53.1 Å². The van der Waals surface area contributed by atoms with Gasteiger partial charge < -0.3 is 19.7 Å². The van der Waals surface area contributed by atoms with Crippen LogP contribution in [0.4, 0.5) is 5.69 Å². The van der Waals surface area contributed by atoms with Gasteiger partial charge in [0.15, 0.2) is 11.5 Å². The first-order valence-corrected chi connectivity index (χ1v) is 11.0. The fourth-order valence-electron chi connectivity index (χ4n) is 4.86. The van der Waals surface area contributed by atoms with Gasteiger partial charge >= 0.3 is 0 Å².